The van der Waals surface area contributed by atoms with Gasteiger partial charge in [0.05, 0.1) is 0 Å². The highest BCUT2D eigenvalue weighted by Gasteiger charge is 2.28. The van der Waals surface area contributed by atoms with Crippen LogP contribution in [0.3, 0.4) is 0 Å². The lowest BCUT2D eigenvalue weighted by Crippen LogP contribution is -2.16. The predicted octanol–water partition coefficient (Wildman–Crippen LogP) is 4.74. The van der Waals surface area contributed by atoms with Gasteiger partial charge in [0.2, 0.25) is 0 Å². The molecule has 0 unspecified atom stereocenters. The van der Waals surface area contributed by atoms with Crippen molar-refractivity contribution in [1.29, 1.82) is 0 Å². The summed E-state index contributed by atoms with van der Waals surface area (Å²) in [4.78, 5) is 26.0. The van der Waals surface area contributed by atoms with Gasteiger partial charge < -0.3 is 4.90 Å². The standard InChI is InChI=1S/C21H21NO2/c1-12(2)16-7-6-8-17(20(16)14(4)23)15-9-10-18-19(11-15)13(3)22(5)21(18)24/h6-12H,3H2,1-2,4-5H3. The second kappa shape index (κ2) is 5.75. The maximum absolute atomic E-state index is 12.3. The lowest BCUT2D eigenvalue weighted by Gasteiger charge is -2.16. The third-order valence-electron chi connectivity index (χ3n) is 4.65. The van der Waals surface area contributed by atoms with Gasteiger partial charge in [-0.1, -0.05) is 44.7 Å². The van der Waals surface area contributed by atoms with Crippen LogP contribution in [-0.2, 0) is 0 Å². The minimum absolute atomic E-state index is 0.0377. The fraction of sp³-hybridized carbons (Fsp3) is 0.238. The van der Waals surface area contributed by atoms with E-state index in [4.69, 9.17) is 0 Å². The molecule has 122 valence electrons. The fourth-order valence-corrected chi connectivity index (χ4v) is 3.31. The van der Waals surface area contributed by atoms with Crippen LogP contribution in [0.2, 0.25) is 0 Å². The second-order valence-corrected chi connectivity index (χ2v) is 6.55. The van der Waals surface area contributed by atoms with Gasteiger partial charge in [-0.25, -0.2) is 0 Å². The van der Waals surface area contributed by atoms with E-state index >= 15 is 0 Å². The smallest absolute Gasteiger partial charge is 0.258 e. The molecule has 0 aromatic heterocycles. The summed E-state index contributed by atoms with van der Waals surface area (Å²) in [5.74, 6) is 0.284. The molecule has 1 aliphatic rings. The zero-order chi connectivity index (χ0) is 17.6. The molecule has 0 aliphatic carbocycles. The number of carbonyl (C=O) groups is 2. The molecule has 3 nitrogen and oxygen atoms in total. The van der Waals surface area contributed by atoms with Crippen molar-refractivity contribution < 1.29 is 9.59 Å². The number of amides is 1. The third kappa shape index (κ3) is 2.37. The first kappa shape index (κ1) is 16.2. The minimum atomic E-state index is -0.0377. The quantitative estimate of drug-likeness (QED) is 0.767. The van der Waals surface area contributed by atoms with Crippen LogP contribution in [0.15, 0.2) is 43.0 Å². The Bertz CT molecular complexity index is 877. The Balaban J connectivity index is 2.22. The highest BCUT2D eigenvalue weighted by molar-refractivity contribution is 6.09. The molecule has 3 heteroatoms. The van der Waals surface area contributed by atoms with Crippen molar-refractivity contribution in [2.24, 2.45) is 0 Å². The lowest BCUT2D eigenvalue weighted by molar-refractivity contribution is 0.0874. The Hall–Kier alpha value is -2.68. The van der Waals surface area contributed by atoms with Crippen molar-refractivity contribution in [3.63, 3.8) is 0 Å². The summed E-state index contributed by atoms with van der Waals surface area (Å²) in [5, 5.41) is 0. The van der Waals surface area contributed by atoms with Gasteiger partial charge in [0.1, 0.15) is 0 Å². The van der Waals surface area contributed by atoms with Gasteiger partial charge in [0.15, 0.2) is 5.78 Å². The van der Waals surface area contributed by atoms with Gasteiger partial charge in [-0.3, -0.25) is 9.59 Å². The Morgan fingerprint density at radius 1 is 1.08 bits per heavy atom. The molecule has 1 aliphatic heterocycles. The van der Waals surface area contributed by atoms with E-state index in [0.29, 0.717) is 11.3 Å². The van der Waals surface area contributed by atoms with Crippen LogP contribution in [0.1, 0.15) is 58.5 Å². The summed E-state index contributed by atoms with van der Waals surface area (Å²) in [6.45, 7) is 9.78. The van der Waals surface area contributed by atoms with Crippen LogP contribution in [0.4, 0.5) is 0 Å². The van der Waals surface area contributed by atoms with Crippen molar-refractivity contribution in [1.82, 2.24) is 4.90 Å². The number of Topliss-reactive ketones (excluding diaryl/α,β-unsaturated/α-hetero) is 1. The maximum Gasteiger partial charge on any atom is 0.258 e. The summed E-state index contributed by atoms with van der Waals surface area (Å²) in [6, 6.07) is 11.7. The summed E-state index contributed by atoms with van der Waals surface area (Å²) in [6.07, 6.45) is 0. The van der Waals surface area contributed by atoms with Crippen LogP contribution < -0.4 is 0 Å². The molecule has 3 rings (SSSR count). The molecule has 1 amide bonds. The number of benzene rings is 2. The molecule has 0 spiro atoms. The zero-order valence-electron chi connectivity index (χ0n) is 14.5. The van der Waals surface area contributed by atoms with Gasteiger partial charge in [-0.15, -0.1) is 0 Å². The monoisotopic (exact) mass is 319 g/mol. The molecule has 0 bridgehead atoms. The second-order valence-electron chi connectivity index (χ2n) is 6.55. The predicted molar refractivity (Wildman–Crippen MR) is 97.1 cm³/mol. The normalized spacial score (nSPS) is 13.6. The average Bonchev–Trinajstić information content (AvgIpc) is 2.78. The molecule has 2 aromatic rings. The summed E-state index contributed by atoms with van der Waals surface area (Å²) < 4.78 is 0. The van der Waals surface area contributed by atoms with Crippen molar-refractivity contribution in [3.05, 3.63) is 65.2 Å². The van der Waals surface area contributed by atoms with Gasteiger partial charge in [0.25, 0.3) is 5.91 Å². The average molecular weight is 319 g/mol. The van der Waals surface area contributed by atoms with Crippen LogP contribution in [0, 0.1) is 0 Å². The van der Waals surface area contributed by atoms with E-state index in [1.165, 1.54) is 0 Å². The van der Waals surface area contributed by atoms with Crippen LogP contribution in [-0.4, -0.2) is 23.6 Å². The molecule has 0 radical (unpaired) electrons. The Kier molecular flexibility index (Phi) is 3.88. The SMILES string of the molecule is C=C1c2cc(-c3cccc(C(C)C)c3C(C)=O)ccc2C(=O)N1C. The number of rotatable bonds is 3. The highest BCUT2D eigenvalue weighted by atomic mass is 16.2. The lowest BCUT2D eigenvalue weighted by atomic mass is 9.87. The zero-order valence-corrected chi connectivity index (χ0v) is 14.5. The molecule has 24 heavy (non-hydrogen) atoms. The molecule has 0 fully saturated rings. The van der Waals surface area contributed by atoms with Crippen molar-refractivity contribution in [2.45, 2.75) is 26.7 Å². The molecule has 0 saturated heterocycles. The van der Waals surface area contributed by atoms with Crippen LogP contribution in [0.25, 0.3) is 16.8 Å². The fourth-order valence-electron chi connectivity index (χ4n) is 3.31. The van der Waals surface area contributed by atoms with Crippen molar-refractivity contribution in [3.8, 4) is 11.1 Å². The highest BCUT2D eigenvalue weighted by Crippen LogP contribution is 2.36. The van der Waals surface area contributed by atoms with E-state index in [-0.39, 0.29) is 17.6 Å². The van der Waals surface area contributed by atoms with Crippen molar-refractivity contribution >= 4 is 17.4 Å². The third-order valence-corrected chi connectivity index (χ3v) is 4.65. The summed E-state index contributed by atoms with van der Waals surface area (Å²) in [7, 11) is 1.73. The molecular formula is C21H21NO2. The van der Waals surface area contributed by atoms with E-state index in [0.717, 1.165) is 27.8 Å². The van der Waals surface area contributed by atoms with Gasteiger partial charge in [0, 0.05) is 29.4 Å². The molecule has 0 saturated carbocycles. The van der Waals surface area contributed by atoms with Gasteiger partial charge in [-0.05, 0) is 41.7 Å². The topological polar surface area (TPSA) is 37.4 Å². The Labute approximate surface area is 142 Å². The van der Waals surface area contributed by atoms with E-state index in [1.54, 1.807) is 18.9 Å². The first-order valence-corrected chi connectivity index (χ1v) is 8.08. The molecule has 1 heterocycles. The maximum atomic E-state index is 12.3. The number of hydrogen-bond acceptors (Lipinski definition) is 2. The van der Waals surface area contributed by atoms with Gasteiger partial charge in [-0.2, -0.15) is 0 Å². The number of nitrogens with zero attached hydrogens (tertiary/aromatic N) is 1. The first-order chi connectivity index (χ1) is 11.3. The number of fused-ring (bicyclic) bond motifs is 1. The molecule has 0 atom stereocenters. The van der Waals surface area contributed by atoms with E-state index in [9.17, 15) is 9.59 Å². The number of carbonyl (C=O) groups excluding carboxylic acids is 2. The molecular weight excluding hydrogens is 298 g/mol. The largest absolute Gasteiger partial charge is 0.311 e. The summed E-state index contributed by atoms with van der Waals surface area (Å²) in [5.41, 5.74) is 5.85. The Morgan fingerprint density at radius 2 is 1.79 bits per heavy atom. The number of ketones is 1. The van der Waals surface area contributed by atoms with Crippen LogP contribution in [0.5, 0.6) is 0 Å². The first-order valence-electron chi connectivity index (χ1n) is 8.08. The number of hydrogen-bond donors (Lipinski definition) is 0. The van der Waals surface area contributed by atoms with Gasteiger partial charge >= 0.3 is 0 Å². The van der Waals surface area contributed by atoms with E-state index < -0.39 is 0 Å². The van der Waals surface area contributed by atoms with Crippen molar-refractivity contribution in [2.75, 3.05) is 7.05 Å². The van der Waals surface area contributed by atoms with E-state index in [1.807, 2.05) is 36.4 Å². The molecule has 2 aromatic carbocycles. The summed E-state index contributed by atoms with van der Waals surface area (Å²) >= 11 is 0. The van der Waals surface area contributed by atoms with Crippen LogP contribution >= 0.6 is 0 Å². The molecule has 0 N–H and O–H groups in total. The van der Waals surface area contributed by atoms with E-state index in [2.05, 4.69) is 20.4 Å². The Morgan fingerprint density at radius 3 is 2.42 bits per heavy atom. The minimum Gasteiger partial charge on any atom is -0.311 e.